The minimum Gasteiger partial charge on any atom is -0.325 e. The van der Waals surface area contributed by atoms with Gasteiger partial charge in [0, 0.05) is 10.7 Å². The summed E-state index contributed by atoms with van der Waals surface area (Å²) >= 11 is 8.60. The lowest BCUT2D eigenvalue weighted by molar-refractivity contribution is -0.113. The normalized spacial score (nSPS) is 13.0. The van der Waals surface area contributed by atoms with Crippen LogP contribution < -0.4 is 10.2 Å². The molecule has 2 heterocycles. The van der Waals surface area contributed by atoms with Crippen LogP contribution in [0.15, 0.2) is 71.1 Å². The van der Waals surface area contributed by atoms with E-state index in [-0.39, 0.29) is 23.5 Å². The van der Waals surface area contributed by atoms with E-state index >= 15 is 0 Å². The molecule has 1 aliphatic rings. The maximum Gasteiger partial charge on any atom is 0.266 e. The highest BCUT2D eigenvalue weighted by molar-refractivity contribution is 8.01. The lowest BCUT2D eigenvalue weighted by Crippen LogP contribution is -2.29. The summed E-state index contributed by atoms with van der Waals surface area (Å²) in [6.07, 6.45) is 0. The highest BCUT2D eigenvalue weighted by Crippen LogP contribution is 2.35. The van der Waals surface area contributed by atoms with Gasteiger partial charge in [-0.25, -0.2) is 9.88 Å². The van der Waals surface area contributed by atoms with E-state index in [2.05, 4.69) is 10.3 Å². The molecule has 1 aliphatic heterocycles. The van der Waals surface area contributed by atoms with E-state index in [0.717, 1.165) is 14.6 Å². The number of fused-ring (bicyclic) bond motifs is 2. The lowest BCUT2D eigenvalue weighted by Gasteiger charge is -2.13. The Hall–Kier alpha value is -3.20. The van der Waals surface area contributed by atoms with E-state index in [1.807, 2.05) is 0 Å². The number of benzene rings is 3. The molecule has 0 bridgehead atoms. The number of hydrogen-bond acceptors (Lipinski definition) is 6. The summed E-state index contributed by atoms with van der Waals surface area (Å²) in [5.74, 6) is -0.609. The average Bonchev–Trinajstić information content (AvgIpc) is 3.32. The third kappa shape index (κ3) is 3.88. The zero-order valence-electron chi connectivity index (χ0n) is 16.4. The van der Waals surface area contributed by atoms with Crippen LogP contribution in [0.4, 0.5) is 11.4 Å². The molecule has 3 aromatic carbocycles. The maximum absolute atomic E-state index is 12.7. The van der Waals surface area contributed by atoms with E-state index in [4.69, 9.17) is 11.6 Å². The van der Waals surface area contributed by atoms with Crippen molar-refractivity contribution < 1.29 is 14.4 Å². The quantitative estimate of drug-likeness (QED) is 0.303. The fraction of sp³-hybridized carbons (Fsp3) is 0.0435. The topological polar surface area (TPSA) is 79.4 Å². The average molecular weight is 480 g/mol. The molecule has 0 saturated carbocycles. The summed E-state index contributed by atoms with van der Waals surface area (Å²) in [6, 6.07) is 19.0. The first-order valence-electron chi connectivity index (χ1n) is 9.56. The van der Waals surface area contributed by atoms with E-state index < -0.39 is 0 Å². The van der Waals surface area contributed by atoms with E-state index in [0.29, 0.717) is 27.5 Å². The van der Waals surface area contributed by atoms with E-state index in [1.54, 1.807) is 66.7 Å². The van der Waals surface area contributed by atoms with Crippen molar-refractivity contribution in [1.29, 1.82) is 0 Å². The summed E-state index contributed by atoms with van der Waals surface area (Å²) in [5, 5.41) is 3.42. The zero-order chi connectivity index (χ0) is 22.2. The molecule has 4 aromatic rings. The number of anilines is 2. The molecule has 0 radical (unpaired) electrons. The largest absolute Gasteiger partial charge is 0.325 e. The molecule has 158 valence electrons. The summed E-state index contributed by atoms with van der Waals surface area (Å²) in [4.78, 5) is 43.4. The number of nitrogens with zero attached hydrogens (tertiary/aromatic N) is 2. The second-order valence-electron chi connectivity index (χ2n) is 6.97. The van der Waals surface area contributed by atoms with Crippen LogP contribution in [-0.4, -0.2) is 28.5 Å². The Kier molecular flexibility index (Phi) is 5.42. The molecule has 0 unspecified atom stereocenters. The SMILES string of the molecule is O=C(CSc1nc2ccc(N3C(=O)c4ccccc4C3=O)cc2s1)Nc1ccc(Cl)cc1. The molecule has 0 atom stereocenters. The van der Waals surface area contributed by atoms with Crippen molar-refractivity contribution in [1.82, 2.24) is 4.98 Å². The Morgan fingerprint density at radius 1 is 1.00 bits per heavy atom. The van der Waals surface area contributed by atoms with Gasteiger partial charge in [-0.1, -0.05) is 35.5 Å². The van der Waals surface area contributed by atoms with Crippen molar-refractivity contribution in [3.05, 3.63) is 82.9 Å². The summed E-state index contributed by atoms with van der Waals surface area (Å²) in [5.41, 5.74) is 2.74. The predicted molar refractivity (Wildman–Crippen MR) is 128 cm³/mol. The summed E-state index contributed by atoms with van der Waals surface area (Å²) in [6.45, 7) is 0. The number of halogens is 1. The van der Waals surface area contributed by atoms with Crippen LogP contribution in [0.3, 0.4) is 0 Å². The van der Waals surface area contributed by atoms with Crippen molar-refractivity contribution in [2.75, 3.05) is 16.0 Å². The van der Waals surface area contributed by atoms with Crippen molar-refractivity contribution in [3.8, 4) is 0 Å². The van der Waals surface area contributed by atoms with Gasteiger partial charge in [-0.15, -0.1) is 11.3 Å². The smallest absolute Gasteiger partial charge is 0.266 e. The molecule has 0 saturated heterocycles. The number of hydrogen-bond donors (Lipinski definition) is 1. The highest BCUT2D eigenvalue weighted by Gasteiger charge is 2.36. The first-order chi connectivity index (χ1) is 15.5. The monoisotopic (exact) mass is 479 g/mol. The number of aromatic nitrogens is 1. The molecule has 3 amide bonds. The van der Waals surface area contributed by atoms with Gasteiger partial charge in [0.2, 0.25) is 5.91 Å². The number of rotatable bonds is 5. The van der Waals surface area contributed by atoms with Crippen molar-refractivity contribution in [3.63, 3.8) is 0 Å². The van der Waals surface area contributed by atoms with Gasteiger partial charge in [-0.05, 0) is 54.6 Å². The minimum atomic E-state index is -0.331. The van der Waals surface area contributed by atoms with Gasteiger partial charge < -0.3 is 5.32 Å². The maximum atomic E-state index is 12.7. The van der Waals surface area contributed by atoms with Crippen LogP contribution in [0.25, 0.3) is 10.2 Å². The standard InChI is InChI=1S/C23H14ClN3O3S2/c24-13-5-7-14(8-6-13)25-20(28)12-31-23-26-18-10-9-15(11-19(18)32-23)27-21(29)16-3-1-2-4-17(16)22(27)30/h1-11H,12H2,(H,25,28). The molecule has 9 heteroatoms. The van der Waals surface area contributed by atoms with Crippen molar-refractivity contribution in [2.45, 2.75) is 4.34 Å². The lowest BCUT2D eigenvalue weighted by atomic mass is 10.1. The van der Waals surface area contributed by atoms with Crippen molar-refractivity contribution >= 4 is 74.0 Å². The molecule has 1 aromatic heterocycles. The van der Waals surface area contributed by atoms with Crippen LogP contribution in [0.2, 0.25) is 5.02 Å². The van der Waals surface area contributed by atoms with Gasteiger partial charge in [0.15, 0.2) is 4.34 Å². The third-order valence-corrected chi connectivity index (χ3v) is 7.27. The number of imide groups is 1. The van der Waals surface area contributed by atoms with Gasteiger partial charge in [0.25, 0.3) is 11.8 Å². The Balaban J connectivity index is 1.30. The fourth-order valence-electron chi connectivity index (χ4n) is 3.37. The van der Waals surface area contributed by atoms with Gasteiger partial charge in [0.05, 0.1) is 32.8 Å². The first kappa shape index (κ1) is 20.7. The predicted octanol–water partition coefficient (Wildman–Crippen LogP) is 5.48. The number of carbonyl (C=O) groups excluding carboxylic acids is 3. The molecule has 1 N–H and O–H groups in total. The summed E-state index contributed by atoms with van der Waals surface area (Å²) in [7, 11) is 0. The van der Waals surface area contributed by atoms with Crippen LogP contribution in [0, 0.1) is 0 Å². The Morgan fingerprint density at radius 3 is 2.38 bits per heavy atom. The Morgan fingerprint density at radius 2 is 1.69 bits per heavy atom. The number of thioether (sulfide) groups is 1. The van der Waals surface area contributed by atoms with Crippen LogP contribution in [0.5, 0.6) is 0 Å². The summed E-state index contributed by atoms with van der Waals surface area (Å²) < 4.78 is 1.56. The molecule has 6 nitrogen and oxygen atoms in total. The van der Waals surface area contributed by atoms with Gasteiger partial charge >= 0.3 is 0 Å². The highest BCUT2D eigenvalue weighted by atomic mass is 35.5. The third-order valence-electron chi connectivity index (χ3n) is 4.86. The minimum absolute atomic E-state index is 0.150. The molecular formula is C23H14ClN3O3S2. The van der Waals surface area contributed by atoms with Crippen LogP contribution in [0.1, 0.15) is 20.7 Å². The molecular weight excluding hydrogens is 466 g/mol. The number of nitrogens with one attached hydrogen (secondary N) is 1. The second-order valence-corrected chi connectivity index (χ2v) is 9.66. The molecule has 5 rings (SSSR count). The fourth-order valence-corrected chi connectivity index (χ4v) is 5.40. The second kappa shape index (κ2) is 8.38. The van der Waals surface area contributed by atoms with Gasteiger partial charge in [-0.2, -0.15) is 0 Å². The Labute approximate surface area is 196 Å². The Bertz CT molecular complexity index is 1350. The number of amides is 3. The molecule has 32 heavy (non-hydrogen) atoms. The number of carbonyl (C=O) groups is 3. The van der Waals surface area contributed by atoms with Crippen molar-refractivity contribution in [2.24, 2.45) is 0 Å². The molecule has 0 spiro atoms. The van der Waals surface area contributed by atoms with E-state index in [9.17, 15) is 14.4 Å². The van der Waals surface area contributed by atoms with Gasteiger partial charge in [-0.3, -0.25) is 14.4 Å². The molecule has 0 aliphatic carbocycles. The molecule has 0 fully saturated rings. The zero-order valence-corrected chi connectivity index (χ0v) is 18.8. The number of thiazole rings is 1. The van der Waals surface area contributed by atoms with Crippen LogP contribution in [-0.2, 0) is 4.79 Å². The van der Waals surface area contributed by atoms with Crippen LogP contribution >= 0.6 is 34.7 Å². The van der Waals surface area contributed by atoms with E-state index in [1.165, 1.54) is 28.0 Å². The first-order valence-corrected chi connectivity index (χ1v) is 11.7. The van der Waals surface area contributed by atoms with Gasteiger partial charge in [0.1, 0.15) is 0 Å².